The van der Waals surface area contributed by atoms with Crippen molar-refractivity contribution in [2.75, 3.05) is 10.2 Å². The lowest BCUT2D eigenvalue weighted by atomic mass is 10.1. The highest BCUT2D eigenvalue weighted by Gasteiger charge is 2.40. The predicted octanol–water partition coefficient (Wildman–Crippen LogP) is 6.28. The minimum Gasteiger partial charge on any atom is -0.321 e. The lowest BCUT2D eigenvalue weighted by Gasteiger charge is -2.19. The van der Waals surface area contributed by atoms with Gasteiger partial charge in [-0.05, 0) is 60.5 Å². The van der Waals surface area contributed by atoms with E-state index in [0.29, 0.717) is 22.8 Å². The number of hydrogen-bond acceptors (Lipinski definition) is 4. The number of nitriles is 1. The highest BCUT2D eigenvalue weighted by atomic mass is 79.9. The first-order valence-electron chi connectivity index (χ1n) is 9.97. The summed E-state index contributed by atoms with van der Waals surface area (Å²) in [6.45, 7) is 0. The van der Waals surface area contributed by atoms with Gasteiger partial charge in [-0.2, -0.15) is 5.26 Å². The number of carbonyl (C=O) groups excluding carboxylic acids is 2. The molecule has 0 spiro atoms. The van der Waals surface area contributed by atoms with E-state index in [1.807, 2.05) is 48.5 Å². The number of nitrogens with one attached hydrogen (secondary N) is 1. The van der Waals surface area contributed by atoms with E-state index >= 15 is 0 Å². The topological polar surface area (TPSA) is 73.2 Å². The molecule has 4 rings (SSSR count). The zero-order chi connectivity index (χ0) is 23.4. The second kappa shape index (κ2) is 10.4. The van der Waals surface area contributed by atoms with E-state index in [9.17, 15) is 14.9 Å². The van der Waals surface area contributed by atoms with Crippen LogP contribution >= 0.6 is 43.6 Å². The van der Waals surface area contributed by atoms with Crippen molar-refractivity contribution in [3.8, 4) is 6.07 Å². The van der Waals surface area contributed by atoms with Gasteiger partial charge in [0.1, 0.15) is 16.7 Å². The second-order valence-corrected chi connectivity index (χ2v) is 10.2. The number of amides is 2. The van der Waals surface area contributed by atoms with E-state index < -0.39 is 11.2 Å². The number of carbonyl (C=O) groups is 2. The maximum Gasteiger partial charge on any atom is 0.269 e. The molecule has 1 aliphatic rings. The van der Waals surface area contributed by atoms with Crippen LogP contribution < -0.4 is 10.2 Å². The fraction of sp³-hybridized carbons (Fsp3) is 0.0800. The number of para-hydroxylation sites is 1. The Morgan fingerprint density at radius 2 is 1.58 bits per heavy atom. The molecule has 0 aromatic heterocycles. The van der Waals surface area contributed by atoms with Gasteiger partial charge in [-0.15, -0.1) is 0 Å². The van der Waals surface area contributed by atoms with E-state index in [1.165, 1.54) is 16.7 Å². The summed E-state index contributed by atoms with van der Waals surface area (Å²) in [7, 11) is 0. The van der Waals surface area contributed by atoms with Crippen molar-refractivity contribution >= 4 is 66.8 Å². The van der Waals surface area contributed by atoms with Gasteiger partial charge in [0.2, 0.25) is 5.91 Å². The molecule has 0 saturated carbocycles. The summed E-state index contributed by atoms with van der Waals surface area (Å²) in [6.07, 6.45) is 0.478. The fourth-order valence-corrected chi connectivity index (χ4v) is 5.20. The lowest BCUT2D eigenvalue weighted by Crippen LogP contribution is -2.30. The van der Waals surface area contributed by atoms with E-state index in [4.69, 9.17) is 0 Å². The quantitative estimate of drug-likeness (QED) is 0.284. The maximum atomic E-state index is 13.5. The predicted molar refractivity (Wildman–Crippen MR) is 139 cm³/mol. The normalized spacial score (nSPS) is 16.9. The summed E-state index contributed by atoms with van der Waals surface area (Å²) in [5.41, 5.74) is 2.07. The first-order chi connectivity index (χ1) is 16.0. The summed E-state index contributed by atoms with van der Waals surface area (Å²) in [5.74, 6) is -0.717. The van der Waals surface area contributed by atoms with Gasteiger partial charge in [0.15, 0.2) is 0 Å². The SMILES string of the molecule is N#CC(C(=O)Nc1ccccc1)=C1SC(Cc2ccc(Br)cc2)C(=O)N1c1ccc(Br)cc1. The van der Waals surface area contributed by atoms with Gasteiger partial charge < -0.3 is 5.32 Å². The molecule has 1 unspecified atom stereocenters. The maximum absolute atomic E-state index is 13.5. The van der Waals surface area contributed by atoms with Crippen molar-refractivity contribution in [3.05, 3.63) is 104 Å². The molecule has 3 aromatic carbocycles. The third-order valence-electron chi connectivity index (χ3n) is 4.96. The molecule has 33 heavy (non-hydrogen) atoms. The molecule has 1 N–H and O–H groups in total. The monoisotopic (exact) mass is 581 g/mol. The standard InChI is InChI=1S/C25H17Br2N3O2S/c26-17-8-6-16(7-9-17)14-22-24(32)30(20-12-10-18(27)11-13-20)25(33-22)21(15-28)23(31)29-19-4-2-1-3-5-19/h1-13,22H,14H2,(H,29,31). The van der Waals surface area contributed by atoms with Crippen LogP contribution in [-0.4, -0.2) is 17.1 Å². The number of halogens is 2. The third kappa shape index (κ3) is 5.38. The van der Waals surface area contributed by atoms with Gasteiger partial charge in [0, 0.05) is 20.3 Å². The van der Waals surface area contributed by atoms with Crippen molar-refractivity contribution in [1.82, 2.24) is 0 Å². The number of anilines is 2. The molecular formula is C25H17Br2N3O2S. The Kier molecular flexibility index (Phi) is 7.33. The number of benzene rings is 3. The third-order valence-corrected chi connectivity index (χ3v) is 7.28. The Balaban J connectivity index is 1.72. The van der Waals surface area contributed by atoms with Crippen molar-refractivity contribution in [2.24, 2.45) is 0 Å². The second-order valence-electron chi connectivity index (χ2n) is 7.20. The minimum atomic E-state index is -0.551. The molecule has 1 heterocycles. The molecule has 0 radical (unpaired) electrons. The van der Waals surface area contributed by atoms with E-state index in [1.54, 1.807) is 36.4 Å². The molecule has 1 saturated heterocycles. The van der Waals surface area contributed by atoms with Crippen molar-refractivity contribution < 1.29 is 9.59 Å². The van der Waals surface area contributed by atoms with Gasteiger partial charge in [-0.25, -0.2) is 0 Å². The molecule has 1 aliphatic heterocycles. The van der Waals surface area contributed by atoms with Crippen molar-refractivity contribution in [3.63, 3.8) is 0 Å². The molecule has 0 bridgehead atoms. The highest BCUT2D eigenvalue weighted by molar-refractivity contribution is 9.10. The van der Waals surface area contributed by atoms with Crippen molar-refractivity contribution in [2.45, 2.75) is 11.7 Å². The molecule has 3 aromatic rings. The van der Waals surface area contributed by atoms with Crippen LogP contribution in [0.2, 0.25) is 0 Å². The van der Waals surface area contributed by atoms with Gasteiger partial charge in [0.05, 0.1) is 5.25 Å². The Bertz CT molecular complexity index is 1250. The van der Waals surface area contributed by atoms with E-state index in [0.717, 1.165) is 14.5 Å². The largest absolute Gasteiger partial charge is 0.321 e. The first kappa shape index (κ1) is 23.3. The average Bonchev–Trinajstić information content (AvgIpc) is 3.12. The van der Waals surface area contributed by atoms with Crippen LogP contribution in [0.25, 0.3) is 0 Å². The van der Waals surface area contributed by atoms with Crippen LogP contribution in [0, 0.1) is 11.3 Å². The molecule has 2 amide bonds. The van der Waals surface area contributed by atoms with Gasteiger partial charge in [-0.1, -0.05) is 74.0 Å². The van der Waals surface area contributed by atoms with Crippen LogP contribution in [0.5, 0.6) is 0 Å². The first-order valence-corrected chi connectivity index (χ1v) is 12.4. The molecule has 8 heteroatoms. The number of thioether (sulfide) groups is 1. The summed E-state index contributed by atoms with van der Waals surface area (Å²) in [6, 6.07) is 25.9. The molecule has 1 fully saturated rings. The fourth-order valence-electron chi connectivity index (χ4n) is 3.36. The zero-order valence-electron chi connectivity index (χ0n) is 17.2. The summed E-state index contributed by atoms with van der Waals surface area (Å²) in [5, 5.41) is 12.5. The Morgan fingerprint density at radius 3 is 2.18 bits per heavy atom. The Hall–Kier alpha value is -2.86. The van der Waals surface area contributed by atoms with Crippen LogP contribution in [-0.2, 0) is 16.0 Å². The molecule has 164 valence electrons. The summed E-state index contributed by atoms with van der Waals surface area (Å²) < 4.78 is 1.82. The smallest absolute Gasteiger partial charge is 0.269 e. The van der Waals surface area contributed by atoms with Gasteiger partial charge >= 0.3 is 0 Å². The summed E-state index contributed by atoms with van der Waals surface area (Å²) >= 11 is 8.08. The van der Waals surface area contributed by atoms with E-state index in [2.05, 4.69) is 37.2 Å². The molecule has 1 atom stereocenters. The average molecular weight is 583 g/mol. The number of hydrogen-bond donors (Lipinski definition) is 1. The molecular weight excluding hydrogens is 566 g/mol. The van der Waals surface area contributed by atoms with Crippen LogP contribution in [0.15, 0.2) is 98.4 Å². The van der Waals surface area contributed by atoms with Crippen LogP contribution in [0.3, 0.4) is 0 Å². The lowest BCUT2D eigenvalue weighted by molar-refractivity contribution is -0.117. The molecule has 5 nitrogen and oxygen atoms in total. The zero-order valence-corrected chi connectivity index (χ0v) is 21.2. The minimum absolute atomic E-state index is 0.0987. The van der Waals surface area contributed by atoms with Gasteiger partial charge in [-0.3, -0.25) is 14.5 Å². The van der Waals surface area contributed by atoms with Crippen LogP contribution in [0.4, 0.5) is 11.4 Å². The van der Waals surface area contributed by atoms with E-state index in [-0.39, 0.29) is 11.5 Å². The number of nitrogens with zero attached hydrogens (tertiary/aromatic N) is 2. The molecule has 0 aliphatic carbocycles. The van der Waals surface area contributed by atoms with Crippen molar-refractivity contribution in [1.29, 1.82) is 5.26 Å². The van der Waals surface area contributed by atoms with Gasteiger partial charge in [0.25, 0.3) is 5.91 Å². The summed E-state index contributed by atoms with van der Waals surface area (Å²) in [4.78, 5) is 28.0. The number of rotatable bonds is 5. The Labute approximate surface area is 212 Å². The Morgan fingerprint density at radius 1 is 0.970 bits per heavy atom. The highest BCUT2D eigenvalue weighted by Crippen LogP contribution is 2.42. The van der Waals surface area contributed by atoms with Crippen LogP contribution in [0.1, 0.15) is 5.56 Å².